The van der Waals surface area contributed by atoms with Gasteiger partial charge in [0.05, 0.1) is 0 Å². The van der Waals surface area contributed by atoms with Gasteiger partial charge in [-0.1, -0.05) is 79.8 Å². The summed E-state index contributed by atoms with van der Waals surface area (Å²) in [5, 5.41) is 0. The van der Waals surface area contributed by atoms with Gasteiger partial charge >= 0.3 is 0 Å². The normalized spacial score (nSPS) is 9.20. The van der Waals surface area contributed by atoms with Crippen molar-refractivity contribution < 1.29 is 0 Å². The molecule has 0 aromatic heterocycles. The molecule has 0 amide bonds. The predicted octanol–water partition coefficient (Wildman–Crippen LogP) is 4.77. The highest BCUT2D eigenvalue weighted by atomic mass is 13.9. The van der Waals surface area contributed by atoms with E-state index < -0.39 is 0 Å². The van der Waals surface area contributed by atoms with Crippen LogP contribution in [0.15, 0.2) is 72.9 Å². The Morgan fingerprint density at radius 2 is 1.33 bits per heavy atom. The SMILES string of the molecule is C=C(C)/C=C\C(=C)CC.c1ccccc1. The predicted molar refractivity (Wildman–Crippen MR) is 69.8 cm³/mol. The molecule has 15 heavy (non-hydrogen) atoms. The summed E-state index contributed by atoms with van der Waals surface area (Å²) in [5.74, 6) is 0. The number of hydrogen-bond acceptors (Lipinski definition) is 0. The van der Waals surface area contributed by atoms with Crippen molar-refractivity contribution in [1.29, 1.82) is 0 Å². The van der Waals surface area contributed by atoms with Gasteiger partial charge in [-0.05, 0) is 13.3 Å². The lowest BCUT2D eigenvalue weighted by molar-refractivity contribution is 1.16. The Bertz CT molecular complexity index is 277. The standard InChI is InChI=1S/C9H14.C6H6/c1-5-9(4)7-6-8(2)3;1-2-4-6-5-3-1/h6-7H,2,4-5H2,1,3H3;1-6H/b7-6-;. The van der Waals surface area contributed by atoms with E-state index in [-0.39, 0.29) is 0 Å². The highest BCUT2D eigenvalue weighted by Crippen LogP contribution is 2.00. The average Bonchev–Trinajstić information content (AvgIpc) is 2.29. The minimum absolute atomic E-state index is 1.02. The molecule has 80 valence electrons. The summed E-state index contributed by atoms with van der Waals surface area (Å²) in [6.45, 7) is 11.6. The van der Waals surface area contributed by atoms with Crippen LogP contribution in [0.5, 0.6) is 0 Å². The number of rotatable bonds is 3. The summed E-state index contributed by atoms with van der Waals surface area (Å²) in [4.78, 5) is 0. The number of allylic oxidation sites excluding steroid dienone is 4. The average molecular weight is 200 g/mol. The van der Waals surface area contributed by atoms with E-state index >= 15 is 0 Å². The molecule has 0 bridgehead atoms. The third-order valence-electron chi connectivity index (χ3n) is 1.72. The second kappa shape index (κ2) is 9.01. The van der Waals surface area contributed by atoms with Crippen LogP contribution in [-0.4, -0.2) is 0 Å². The van der Waals surface area contributed by atoms with E-state index in [1.54, 1.807) is 0 Å². The van der Waals surface area contributed by atoms with Crippen LogP contribution < -0.4 is 0 Å². The lowest BCUT2D eigenvalue weighted by Crippen LogP contribution is -1.69. The van der Waals surface area contributed by atoms with E-state index in [0.29, 0.717) is 0 Å². The van der Waals surface area contributed by atoms with Crippen molar-refractivity contribution in [2.45, 2.75) is 20.3 Å². The zero-order chi connectivity index (χ0) is 11.5. The first-order chi connectivity index (χ1) is 7.16. The van der Waals surface area contributed by atoms with Crippen LogP contribution in [0.4, 0.5) is 0 Å². The van der Waals surface area contributed by atoms with Crippen molar-refractivity contribution in [3.05, 3.63) is 72.9 Å². The van der Waals surface area contributed by atoms with E-state index in [2.05, 4.69) is 20.1 Å². The quantitative estimate of drug-likeness (QED) is 0.616. The smallest absolute Gasteiger partial charge is 0.0313 e. The molecule has 0 atom stereocenters. The van der Waals surface area contributed by atoms with Gasteiger partial charge in [-0.15, -0.1) is 0 Å². The van der Waals surface area contributed by atoms with Crippen LogP contribution in [0, 0.1) is 0 Å². The summed E-state index contributed by atoms with van der Waals surface area (Å²) >= 11 is 0. The zero-order valence-electron chi connectivity index (χ0n) is 9.74. The molecular formula is C15H20. The third-order valence-corrected chi connectivity index (χ3v) is 1.72. The topological polar surface area (TPSA) is 0 Å². The van der Waals surface area contributed by atoms with Gasteiger partial charge in [-0.25, -0.2) is 0 Å². The molecule has 0 aliphatic heterocycles. The van der Waals surface area contributed by atoms with Gasteiger partial charge in [-0.3, -0.25) is 0 Å². The van der Waals surface area contributed by atoms with Crippen molar-refractivity contribution in [1.82, 2.24) is 0 Å². The van der Waals surface area contributed by atoms with Gasteiger partial charge in [0.2, 0.25) is 0 Å². The van der Waals surface area contributed by atoms with Gasteiger partial charge in [-0.2, -0.15) is 0 Å². The Morgan fingerprint density at radius 3 is 1.60 bits per heavy atom. The highest BCUT2D eigenvalue weighted by Gasteiger charge is 1.79. The molecule has 1 rings (SSSR count). The van der Waals surface area contributed by atoms with Crippen LogP contribution in [0.3, 0.4) is 0 Å². The van der Waals surface area contributed by atoms with Gasteiger partial charge in [0.15, 0.2) is 0 Å². The van der Waals surface area contributed by atoms with E-state index in [1.165, 1.54) is 0 Å². The maximum Gasteiger partial charge on any atom is -0.0313 e. The van der Waals surface area contributed by atoms with Crippen molar-refractivity contribution in [2.24, 2.45) is 0 Å². The summed E-state index contributed by atoms with van der Waals surface area (Å²) in [6.07, 6.45) is 5.00. The summed E-state index contributed by atoms with van der Waals surface area (Å²) in [5.41, 5.74) is 2.22. The Hall–Kier alpha value is -1.56. The Balaban J connectivity index is 0.000000280. The fourth-order valence-electron chi connectivity index (χ4n) is 0.763. The molecule has 1 aromatic carbocycles. The summed E-state index contributed by atoms with van der Waals surface area (Å²) in [7, 11) is 0. The minimum Gasteiger partial charge on any atom is -0.0961 e. The first-order valence-electron chi connectivity index (χ1n) is 5.18. The van der Waals surface area contributed by atoms with Gasteiger partial charge in [0.1, 0.15) is 0 Å². The minimum atomic E-state index is 1.02. The lowest BCUT2D eigenvalue weighted by atomic mass is 10.2. The maximum atomic E-state index is 3.82. The Labute approximate surface area is 93.7 Å². The maximum absolute atomic E-state index is 3.82. The molecule has 0 saturated carbocycles. The van der Waals surface area contributed by atoms with Crippen LogP contribution >= 0.6 is 0 Å². The molecule has 0 N–H and O–H groups in total. The fraction of sp³-hybridized carbons (Fsp3) is 0.200. The number of hydrogen-bond donors (Lipinski definition) is 0. The summed E-state index contributed by atoms with van der Waals surface area (Å²) < 4.78 is 0. The molecule has 1 aromatic rings. The molecule has 0 saturated heterocycles. The number of benzene rings is 1. The van der Waals surface area contributed by atoms with E-state index in [0.717, 1.165) is 17.6 Å². The molecule has 0 aliphatic rings. The first kappa shape index (κ1) is 13.4. The lowest BCUT2D eigenvalue weighted by Gasteiger charge is -1.89. The second-order valence-electron chi connectivity index (χ2n) is 3.35. The van der Waals surface area contributed by atoms with E-state index in [9.17, 15) is 0 Å². The van der Waals surface area contributed by atoms with Crippen LogP contribution in [0.1, 0.15) is 20.3 Å². The third kappa shape index (κ3) is 10.4. The van der Waals surface area contributed by atoms with Crippen LogP contribution in [-0.2, 0) is 0 Å². The van der Waals surface area contributed by atoms with E-state index in [4.69, 9.17) is 0 Å². The largest absolute Gasteiger partial charge is 0.0961 e. The molecule has 0 heteroatoms. The highest BCUT2D eigenvalue weighted by molar-refractivity contribution is 5.22. The van der Waals surface area contributed by atoms with Gasteiger partial charge in [0.25, 0.3) is 0 Å². The van der Waals surface area contributed by atoms with Crippen molar-refractivity contribution >= 4 is 0 Å². The van der Waals surface area contributed by atoms with Crippen molar-refractivity contribution in [2.75, 3.05) is 0 Å². The molecular weight excluding hydrogens is 180 g/mol. The molecule has 0 aliphatic carbocycles. The van der Waals surface area contributed by atoms with Gasteiger partial charge < -0.3 is 0 Å². The Morgan fingerprint density at radius 1 is 0.933 bits per heavy atom. The van der Waals surface area contributed by atoms with Crippen LogP contribution in [0.2, 0.25) is 0 Å². The van der Waals surface area contributed by atoms with E-state index in [1.807, 2.05) is 55.5 Å². The zero-order valence-corrected chi connectivity index (χ0v) is 9.74. The van der Waals surface area contributed by atoms with Gasteiger partial charge in [0, 0.05) is 0 Å². The fourth-order valence-corrected chi connectivity index (χ4v) is 0.763. The molecule has 0 fully saturated rings. The monoisotopic (exact) mass is 200 g/mol. The summed E-state index contributed by atoms with van der Waals surface area (Å²) in [6, 6.07) is 12.0. The molecule has 0 unspecified atom stereocenters. The van der Waals surface area contributed by atoms with Crippen molar-refractivity contribution in [3.63, 3.8) is 0 Å². The molecule has 0 heterocycles. The molecule has 0 radical (unpaired) electrons. The van der Waals surface area contributed by atoms with Crippen LogP contribution in [0.25, 0.3) is 0 Å². The second-order valence-corrected chi connectivity index (χ2v) is 3.35. The first-order valence-corrected chi connectivity index (χ1v) is 5.18. The Kier molecular flexibility index (Phi) is 8.08. The molecule has 0 nitrogen and oxygen atoms in total. The molecule has 0 spiro atoms. The van der Waals surface area contributed by atoms with Crippen molar-refractivity contribution in [3.8, 4) is 0 Å².